The lowest BCUT2D eigenvalue weighted by atomic mass is 10.1. The Kier molecular flexibility index (Phi) is 5.36. The Morgan fingerprint density at radius 2 is 1.97 bits per heavy atom. The quantitative estimate of drug-likeness (QED) is 0.473. The SMILES string of the molecule is COc1ccc2c(c1)[nH]c1c(=O)n(/N=C\c3ccc(OC)c(CN4CCCC4)c3)cnc12. The fraction of sp³-hybridized carbons (Fsp3) is 0.292. The Balaban J connectivity index is 1.47. The smallest absolute Gasteiger partial charge is 0.298 e. The van der Waals surface area contributed by atoms with Crippen LogP contribution in [0.3, 0.4) is 0 Å². The molecule has 0 saturated carbocycles. The monoisotopic (exact) mass is 431 g/mol. The third-order valence-electron chi connectivity index (χ3n) is 5.92. The van der Waals surface area contributed by atoms with Crippen LogP contribution in [0.1, 0.15) is 24.0 Å². The Hall–Kier alpha value is -3.65. The Morgan fingerprint density at radius 1 is 1.12 bits per heavy atom. The lowest BCUT2D eigenvalue weighted by Gasteiger charge is -2.17. The van der Waals surface area contributed by atoms with Crippen LogP contribution in [0.2, 0.25) is 0 Å². The highest BCUT2D eigenvalue weighted by Gasteiger charge is 2.15. The average molecular weight is 431 g/mol. The van der Waals surface area contributed by atoms with E-state index < -0.39 is 0 Å². The van der Waals surface area contributed by atoms with E-state index in [1.165, 1.54) is 23.8 Å². The first-order chi connectivity index (χ1) is 15.7. The van der Waals surface area contributed by atoms with Gasteiger partial charge in [0.15, 0.2) is 0 Å². The second-order valence-corrected chi connectivity index (χ2v) is 7.95. The van der Waals surface area contributed by atoms with Gasteiger partial charge >= 0.3 is 0 Å². The molecule has 2 aromatic heterocycles. The van der Waals surface area contributed by atoms with Crippen molar-refractivity contribution in [2.24, 2.45) is 5.10 Å². The number of hydrogen-bond donors (Lipinski definition) is 1. The topological polar surface area (TPSA) is 84.7 Å². The maximum absolute atomic E-state index is 13.0. The zero-order valence-corrected chi connectivity index (χ0v) is 18.2. The molecule has 1 aliphatic rings. The van der Waals surface area contributed by atoms with E-state index in [1.807, 2.05) is 30.3 Å². The molecule has 1 aliphatic heterocycles. The van der Waals surface area contributed by atoms with Gasteiger partial charge in [0.1, 0.15) is 28.9 Å². The van der Waals surface area contributed by atoms with Gasteiger partial charge < -0.3 is 14.5 Å². The first-order valence-electron chi connectivity index (χ1n) is 10.7. The molecular formula is C24H25N5O3. The minimum Gasteiger partial charge on any atom is -0.497 e. The number of nitrogens with zero attached hydrogens (tertiary/aromatic N) is 4. The fourth-order valence-electron chi connectivity index (χ4n) is 4.25. The molecule has 8 nitrogen and oxygen atoms in total. The minimum absolute atomic E-state index is 0.257. The average Bonchev–Trinajstić information content (AvgIpc) is 3.46. The summed E-state index contributed by atoms with van der Waals surface area (Å²) in [5.41, 5.74) is 3.59. The van der Waals surface area contributed by atoms with Gasteiger partial charge in [-0.25, -0.2) is 4.98 Å². The lowest BCUT2D eigenvalue weighted by molar-refractivity contribution is 0.321. The molecule has 0 atom stereocenters. The number of methoxy groups -OCH3 is 2. The van der Waals surface area contributed by atoms with Gasteiger partial charge in [0.05, 0.1) is 26.0 Å². The zero-order chi connectivity index (χ0) is 22.1. The van der Waals surface area contributed by atoms with Crippen molar-refractivity contribution >= 4 is 28.2 Å². The third-order valence-corrected chi connectivity index (χ3v) is 5.92. The number of benzene rings is 2. The molecular weight excluding hydrogens is 406 g/mol. The van der Waals surface area contributed by atoms with E-state index in [0.717, 1.165) is 47.4 Å². The van der Waals surface area contributed by atoms with Gasteiger partial charge in [-0.05, 0) is 61.8 Å². The summed E-state index contributed by atoms with van der Waals surface area (Å²) in [6.07, 6.45) is 5.60. The molecule has 0 radical (unpaired) electrons. The number of fused-ring (bicyclic) bond motifs is 3. The molecule has 5 rings (SSSR count). The van der Waals surface area contributed by atoms with Gasteiger partial charge in [-0.3, -0.25) is 9.69 Å². The van der Waals surface area contributed by atoms with Crippen molar-refractivity contribution < 1.29 is 9.47 Å². The van der Waals surface area contributed by atoms with Gasteiger partial charge in [0.25, 0.3) is 5.56 Å². The van der Waals surface area contributed by atoms with Crippen LogP contribution in [0, 0.1) is 0 Å². The predicted molar refractivity (Wildman–Crippen MR) is 125 cm³/mol. The Labute approximate surface area is 185 Å². The van der Waals surface area contributed by atoms with Crippen molar-refractivity contribution in [2.45, 2.75) is 19.4 Å². The Morgan fingerprint density at radius 3 is 2.75 bits per heavy atom. The third kappa shape index (κ3) is 3.73. The standard InChI is InChI=1S/C24H25N5O3/c1-31-18-6-7-19-20(12-18)27-23-22(19)25-15-29(24(23)30)26-13-16-5-8-21(32-2)17(11-16)14-28-9-3-4-10-28/h5-8,11-13,15,27H,3-4,9-10,14H2,1-2H3/b26-13-. The molecule has 32 heavy (non-hydrogen) atoms. The molecule has 0 aliphatic carbocycles. The highest BCUT2D eigenvalue weighted by molar-refractivity contribution is 6.04. The maximum Gasteiger partial charge on any atom is 0.298 e. The number of aromatic amines is 1. The molecule has 0 amide bonds. The number of H-pyrrole nitrogens is 1. The second-order valence-electron chi connectivity index (χ2n) is 7.95. The molecule has 1 fully saturated rings. The van der Waals surface area contributed by atoms with Crippen LogP contribution in [0.25, 0.3) is 21.9 Å². The minimum atomic E-state index is -0.257. The first-order valence-corrected chi connectivity index (χ1v) is 10.7. The van der Waals surface area contributed by atoms with E-state index >= 15 is 0 Å². The van der Waals surface area contributed by atoms with Gasteiger partial charge in [-0.15, -0.1) is 0 Å². The molecule has 0 bridgehead atoms. The number of likely N-dealkylation sites (tertiary alicyclic amines) is 1. The molecule has 2 aromatic carbocycles. The van der Waals surface area contributed by atoms with Crippen molar-refractivity contribution in [2.75, 3.05) is 27.3 Å². The van der Waals surface area contributed by atoms with Crippen LogP contribution < -0.4 is 15.0 Å². The van der Waals surface area contributed by atoms with Gasteiger partial charge in [0, 0.05) is 23.6 Å². The van der Waals surface area contributed by atoms with Gasteiger partial charge in [0.2, 0.25) is 0 Å². The van der Waals surface area contributed by atoms with Crippen LogP contribution in [-0.2, 0) is 6.54 Å². The van der Waals surface area contributed by atoms with E-state index in [9.17, 15) is 4.79 Å². The number of hydrogen-bond acceptors (Lipinski definition) is 6. The summed E-state index contributed by atoms with van der Waals surface area (Å²) >= 11 is 0. The van der Waals surface area contributed by atoms with E-state index in [2.05, 4.69) is 26.0 Å². The molecule has 3 heterocycles. The zero-order valence-electron chi connectivity index (χ0n) is 18.2. The van der Waals surface area contributed by atoms with E-state index in [-0.39, 0.29) is 5.56 Å². The van der Waals surface area contributed by atoms with Crippen molar-refractivity contribution in [3.63, 3.8) is 0 Å². The predicted octanol–water partition coefficient (Wildman–Crippen LogP) is 3.37. The van der Waals surface area contributed by atoms with Crippen molar-refractivity contribution in [3.05, 3.63) is 64.2 Å². The van der Waals surface area contributed by atoms with Crippen LogP contribution in [-0.4, -0.2) is 53.1 Å². The van der Waals surface area contributed by atoms with Gasteiger partial charge in [-0.1, -0.05) is 0 Å². The van der Waals surface area contributed by atoms with E-state index in [4.69, 9.17) is 9.47 Å². The molecule has 4 aromatic rings. The Bertz CT molecular complexity index is 1370. The highest BCUT2D eigenvalue weighted by atomic mass is 16.5. The van der Waals surface area contributed by atoms with Crippen molar-refractivity contribution in [3.8, 4) is 11.5 Å². The summed E-state index contributed by atoms with van der Waals surface area (Å²) in [7, 11) is 3.30. The van der Waals surface area contributed by atoms with Crippen LogP contribution in [0.5, 0.6) is 11.5 Å². The number of nitrogens with one attached hydrogen (secondary N) is 1. The van der Waals surface area contributed by atoms with Gasteiger partial charge in [-0.2, -0.15) is 9.78 Å². The summed E-state index contributed by atoms with van der Waals surface area (Å²) in [5.74, 6) is 1.58. The number of aromatic nitrogens is 3. The molecule has 0 unspecified atom stereocenters. The molecule has 1 saturated heterocycles. The second kappa shape index (κ2) is 8.47. The lowest BCUT2D eigenvalue weighted by Crippen LogP contribution is -2.19. The van der Waals surface area contributed by atoms with Crippen molar-refractivity contribution in [1.82, 2.24) is 19.5 Å². The number of ether oxygens (including phenoxy) is 2. The first kappa shape index (κ1) is 20.3. The van der Waals surface area contributed by atoms with Crippen LogP contribution in [0.4, 0.5) is 0 Å². The summed E-state index contributed by atoms with van der Waals surface area (Å²) in [6.45, 7) is 3.06. The molecule has 164 valence electrons. The maximum atomic E-state index is 13.0. The van der Waals surface area contributed by atoms with Crippen molar-refractivity contribution in [1.29, 1.82) is 0 Å². The van der Waals surface area contributed by atoms with E-state index in [1.54, 1.807) is 20.4 Å². The summed E-state index contributed by atoms with van der Waals surface area (Å²) in [5, 5.41) is 5.25. The summed E-state index contributed by atoms with van der Waals surface area (Å²) in [4.78, 5) is 23.0. The highest BCUT2D eigenvalue weighted by Crippen LogP contribution is 2.25. The molecule has 1 N–H and O–H groups in total. The summed E-state index contributed by atoms with van der Waals surface area (Å²) < 4.78 is 12.1. The normalized spacial score (nSPS) is 14.7. The van der Waals surface area contributed by atoms with E-state index in [0.29, 0.717) is 16.8 Å². The largest absolute Gasteiger partial charge is 0.497 e. The molecule has 8 heteroatoms. The summed E-state index contributed by atoms with van der Waals surface area (Å²) in [6, 6.07) is 11.5. The number of rotatable bonds is 6. The van der Waals surface area contributed by atoms with Crippen LogP contribution in [0.15, 0.2) is 52.6 Å². The molecule has 0 spiro atoms. The fourth-order valence-corrected chi connectivity index (χ4v) is 4.25. The van der Waals surface area contributed by atoms with Crippen LogP contribution >= 0.6 is 0 Å².